The molecule has 0 aromatic heterocycles. The third kappa shape index (κ3) is 4.54. The Morgan fingerprint density at radius 2 is 1.81 bits per heavy atom. The van der Waals surface area contributed by atoms with Crippen LogP contribution in [-0.2, 0) is 24.2 Å². The number of amides is 1. The fraction of sp³-hybridized carbons (Fsp3) is 0.385. The van der Waals surface area contributed by atoms with E-state index in [-0.39, 0.29) is 17.3 Å². The Morgan fingerprint density at radius 3 is 2.29 bits per heavy atom. The molecule has 0 saturated heterocycles. The quantitative estimate of drug-likeness (QED) is 0.576. The van der Waals surface area contributed by atoms with Crippen molar-refractivity contribution in [3.05, 3.63) is 24.3 Å². The lowest BCUT2D eigenvalue weighted by molar-refractivity contribution is -0.146. The first-order valence-corrected chi connectivity index (χ1v) is 8.03. The van der Waals surface area contributed by atoms with Gasteiger partial charge in [-0.25, -0.2) is 13.2 Å². The van der Waals surface area contributed by atoms with Crippen LogP contribution in [0.25, 0.3) is 0 Å². The van der Waals surface area contributed by atoms with Gasteiger partial charge in [-0.15, -0.1) is 0 Å². The standard InChI is InChI=1S/C13H18N2O5S/c1-3-20-13(17)11(14)12(16)15-9-5-7-10(8-6-9)21(18,19)4-2/h5-8,11H,3-4,14H2,1-2H3,(H,15,16). The monoisotopic (exact) mass is 314 g/mol. The molecule has 8 heteroatoms. The average Bonchev–Trinajstić information content (AvgIpc) is 2.47. The van der Waals surface area contributed by atoms with Crippen molar-refractivity contribution in [2.75, 3.05) is 17.7 Å². The molecule has 0 spiro atoms. The molecule has 1 amide bonds. The Labute approximate surface area is 123 Å². The van der Waals surface area contributed by atoms with Gasteiger partial charge in [0, 0.05) is 5.69 Å². The first kappa shape index (κ1) is 17.1. The van der Waals surface area contributed by atoms with Gasteiger partial charge in [0.05, 0.1) is 17.3 Å². The third-order valence-corrected chi connectivity index (χ3v) is 4.43. The van der Waals surface area contributed by atoms with Crippen molar-refractivity contribution >= 4 is 27.4 Å². The lowest BCUT2D eigenvalue weighted by Crippen LogP contribution is -2.43. The number of hydrogen-bond acceptors (Lipinski definition) is 6. The van der Waals surface area contributed by atoms with E-state index in [1.54, 1.807) is 13.8 Å². The number of anilines is 1. The summed E-state index contributed by atoms with van der Waals surface area (Å²) in [5.74, 6) is -1.55. The average molecular weight is 314 g/mol. The van der Waals surface area contributed by atoms with Gasteiger partial charge in [0.2, 0.25) is 0 Å². The van der Waals surface area contributed by atoms with Crippen molar-refractivity contribution < 1.29 is 22.7 Å². The normalized spacial score (nSPS) is 12.5. The van der Waals surface area contributed by atoms with Crippen LogP contribution in [0, 0.1) is 0 Å². The van der Waals surface area contributed by atoms with Crippen LogP contribution in [0.5, 0.6) is 0 Å². The van der Waals surface area contributed by atoms with E-state index in [9.17, 15) is 18.0 Å². The van der Waals surface area contributed by atoms with Crippen LogP contribution in [0.2, 0.25) is 0 Å². The second-order valence-electron chi connectivity index (χ2n) is 4.15. The van der Waals surface area contributed by atoms with E-state index in [2.05, 4.69) is 10.1 Å². The van der Waals surface area contributed by atoms with Crippen molar-refractivity contribution in [3.63, 3.8) is 0 Å². The van der Waals surface area contributed by atoms with Crippen LogP contribution in [-0.4, -0.2) is 38.7 Å². The molecule has 1 aromatic rings. The molecule has 0 fully saturated rings. The molecule has 0 radical (unpaired) electrons. The largest absolute Gasteiger partial charge is 0.464 e. The molecule has 1 unspecified atom stereocenters. The second-order valence-corrected chi connectivity index (χ2v) is 6.43. The SMILES string of the molecule is CCOC(=O)C(N)C(=O)Nc1ccc(S(=O)(=O)CC)cc1. The molecule has 3 N–H and O–H groups in total. The minimum atomic E-state index is -3.29. The highest BCUT2D eigenvalue weighted by Gasteiger charge is 2.23. The van der Waals surface area contributed by atoms with E-state index in [0.717, 1.165) is 0 Å². The Bertz CT molecular complexity index is 610. The molecule has 0 heterocycles. The highest BCUT2D eigenvalue weighted by molar-refractivity contribution is 7.91. The molecule has 116 valence electrons. The Kier molecular flexibility index (Phi) is 5.86. The minimum absolute atomic E-state index is 0.00750. The number of carbonyl (C=O) groups excluding carboxylic acids is 2. The van der Waals surface area contributed by atoms with Crippen LogP contribution >= 0.6 is 0 Å². The first-order valence-electron chi connectivity index (χ1n) is 6.37. The maximum atomic E-state index is 11.7. The second kappa shape index (κ2) is 7.19. The van der Waals surface area contributed by atoms with Gasteiger partial charge in [-0.1, -0.05) is 6.92 Å². The fourth-order valence-corrected chi connectivity index (χ4v) is 2.36. The number of benzene rings is 1. The van der Waals surface area contributed by atoms with E-state index in [4.69, 9.17) is 5.73 Å². The van der Waals surface area contributed by atoms with Gasteiger partial charge in [0.1, 0.15) is 0 Å². The fourth-order valence-electron chi connectivity index (χ4n) is 1.47. The number of ether oxygens (including phenoxy) is 1. The number of hydrogen-bond donors (Lipinski definition) is 2. The van der Waals surface area contributed by atoms with Crippen LogP contribution in [0.4, 0.5) is 5.69 Å². The third-order valence-electron chi connectivity index (χ3n) is 2.68. The predicted octanol–water partition coefficient (Wildman–Crippen LogP) is 0.309. The summed E-state index contributed by atoms with van der Waals surface area (Å²) >= 11 is 0. The highest BCUT2D eigenvalue weighted by Crippen LogP contribution is 2.15. The number of nitrogens with two attached hydrogens (primary N) is 1. The summed E-state index contributed by atoms with van der Waals surface area (Å²) in [6, 6.07) is 4.19. The van der Waals surface area contributed by atoms with E-state index in [1.807, 2.05) is 0 Å². The molecular weight excluding hydrogens is 296 g/mol. The van der Waals surface area contributed by atoms with Gasteiger partial charge >= 0.3 is 5.97 Å². The molecule has 1 aromatic carbocycles. The summed E-state index contributed by atoms with van der Waals surface area (Å²) in [5.41, 5.74) is 5.78. The van der Waals surface area contributed by atoms with Crippen LogP contribution in [0.3, 0.4) is 0 Å². The smallest absolute Gasteiger partial charge is 0.332 e. The van der Waals surface area contributed by atoms with Gasteiger partial charge in [-0.05, 0) is 31.2 Å². The molecule has 0 aliphatic heterocycles. The predicted molar refractivity (Wildman–Crippen MR) is 77.4 cm³/mol. The Balaban J connectivity index is 2.76. The topological polar surface area (TPSA) is 116 Å². The molecule has 7 nitrogen and oxygen atoms in total. The van der Waals surface area contributed by atoms with Crippen LogP contribution < -0.4 is 11.1 Å². The van der Waals surface area contributed by atoms with Gasteiger partial charge in [0.25, 0.3) is 5.91 Å². The highest BCUT2D eigenvalue weighted by atomic mass is 32.2. The molecule has 0 bridgehead atoms. The van der Waals surface area contributed by atoms with Gasteiger partial charge in [-0.2, -0.15) is 0 Å². The number of esters is 1. The van der Waals surface area contributed by atoms with E-state index in [0.29, 0.717) is 5.69 Å². The summed E-state index contributed by atoms with van der Waals surface area (Å²) < 4.78 is 27.9. The molecule has 1 atom stereocenters. The lowest BCUT2D eigenvalue weighted by atomic mass is 10.2. The molecule has 0 saturated carbocycles. The summed E-state index contributed by atoms with van der Waals surface area (Å²) in [5, 5.41) is 2.42. The maximum Gasteiger partial charge on any atom is 0.332 e. The molecule has 0 aliphatic rings. The summed E-state index contributed by atoms with van der Waals surface area (Å²) in [6.45, 7) is 3.28. The summed E-state index contributed by atoms with van der Waals surface area (Å²) in [6.07, 6.45) is 0. The zero-order valence-electron chi connectivity index (χ0n) is 11.8. The van der Waals surface area contributed by atoms with Crippen molar-refractivity contribution in [2.24, 2.45) is 5.73 Å². The molecular formula is C13H18N2O5S. The van der Waals surface area contributed by atoms with E-state index < -0.39 is 27.8 Å². The van der Waals surface area contributed by atoms with Crippen molar-refractivity contribution in [1.82, 2.24) is 0 Å². The molecule has 0 aliphatic carbocycles. The van der Waals surface area contributed by atoms with Gasteiger partial charge < -0.3 is 15.8 Å². The van der Waals surface area contributed by atoms with Crippen LogP contribution in [0.1, 0.15) is 13.8 Å². The molecule has 1 rings (SSSR count). The minimum Gasteiger partial charge on any atom is -0.464 e. The zero-order chi connectivity index (χ0) is 16.0. The van der Waals surface area contributed by atoms with E-state index >= 15 is 0 Å². The zero-order valence-corrected chi connectivity index (χ0v) is 12.6. The Hall–Kier alpha value is -1.93. The maximum absolute atomic E-state index is 11.7. The van der Waals surface area contributed by atoms with Gasteiger partial charge in [0.15, 0.2) is 15.9 Å². The first-order chi connectivity index (χ1) is 9.81. The van der Waals surface area contributed by atoms with Crippen molar-refractivity contribution in [2.45, 2.75) is 24.8 Å². The Morgan fingerprint density at radius 1 is 1.24 bits per heavy atom. The number of carbonyl (C=O) groups is 2. The lowest BCUT2D eigenvalue weighted by Gasteiger charge is -2.11. The molecule has 21 heavy (non-hydrogen) atoms. The summed E-state index contributed by atoms with van der Waals surface area (Å²) in [7, 11) is -3.29. The summed E-state index contributed by atoms with van der Waals surface area (Å²) in [4.78, 5) is 23.2. The van der Waals surface area contributed by atoms with Gasteiger partial charge in [-0.3, -0.25) is 4.79 Å². The number of nitrogens with one attached hydrogen (secondary N) is 1. The van der Waals surface area contributed by atoms with Crippen molar-refractivity contribution in [1.29, 1.82) is 0 Å². The number of rotatable bonds is 6. The van der Waals surface area contributed by atoms with E-state index in [1.165, 1.54) is 24.3 Å². The van der Waals surface area contributed by atoms with Crippen LogP contribution in [0.15, 0.2) is 29.2 Å². The van der Waals surface area contributed by atoms with Crippen molar-refractivity contribution in [3.8, 4) is 0 Å². The number of sulfone groups is 1.